The van der Waals surface area contributed by atoms with Gasteiger partial charge in [0, 0.05) is 5.33 Å². The first kappa shape index (κ1) is 13.1. The second-order valence-electron chi connectivity index (χ2n) is 8.02. The lowest BCUT2D eigenvalue weighted by atomic mass is 9.79. The van der Waals surface area contributed by atoms with E-state index >= 15 is 0 Å². The summed E-state index contributed by atoms with van der Waals surface area (Å²) in [5.41, 5.74) is 0.913. The lowest BCUT2D eigenvalue weighted by Gasteiger charge is -2.36. The molecule has 0 bridgehead atoms. The molecule has 3 unspecified atom stereocenters. The van der Waals surface area contributed by atoms with E-state index in [1.54, 1.807) is 0 Å². The van der Waals surface area contributed by atoms with Gasteiger partial charge in [0.1, 0.15) is 0 Å². The monoisotopic (exact) mass is 326 g/mol. The summed E-state index contributed by atoms with van der Waals surface area (Å²) >= 11 is 3.82. The van der Waals surface area contributed by atoms with E-state index in [4.69, 9.17) is 4.74 Å². The van der Waals surface area contributed by atoms with E-state index in [1.807, 2.05) is 0 Å². The summed E-state index contributed by atoms with van der Waals surface area (Å²) in [6.07, 6.45) is 16.0. The molecule has 1 heterocycles. The van der Waals surface area contributed by atoms with Gasteiger partial charge < -0.3 is 4.74 Å². The predicted octanol–water partition coefficient (Wildman–Crippen LogP) is 5.07. The van der Waals surface area contributed by atoms with Crippen molar-refractivity contribution >= 4 is 15.9 Å². The molecule has 2 heteroatoms. The lowest BCUT2D eigenvalue weighted by molar-refractivity contribution is -0.0757. The van der Waals surface area contributed by atoms with Crippen LogP contribution in [0.15, 0.2) is 0 Å². The van der Waals surface area contributed by atoms with Crippen LogP contribution in [0.5, 0.6) is 0 Å². The number of rotatable bonds is 3. The van der Waals surface area contributed by atoms with Crippen molar-refractivity contribution in [2.45, 2.75) is 82.3 Å². The summed E-state index contributed by atoms with van der Waals surface area (Å²) in [7, 11) is 0. The molecule has 3 saturated carbocycles. The summed E-state index contributed by atoms with van der Waals surface area (Å²) in [5, 5.41) is 1.21. The Bertz CT molecular complexity index is 337. The van der Waals surface area contributed by atoms with Crippen molar-refractivity contribution in [1.29, 1.82) is 0 Å². The molecule has 1 spiro atoms. The van der Waals surface area contributed by atoms with Gasteiger partial charge in [-0.2, -0.15) is 0 Å². The quantitative estimate of drug-likeness (QED) is 0.658. The van der Waals surface area contributed by atoms with Gasteiger partial charge in [0.15, 0.2) is 0 Å². The SMILES string of the molecule is BrCC1(CC2CCC3(CCCCC3)O2)CC2CC2C1. The second kappa shape index (κ2) is 4.73. The molecule has 4 rings (SSSR count). The van der Waals surface area contributed by atoms with Gasteiger partial charge in [-0.3, -0.25) is 0 Å². The van der Waals surface area contributed by atoms with Gasteiger partial charge in [-0.1, -0.05) is 35.2 Å². The van der Waals surface area contributed by atoms with Crippen LogP contribution in [0.1, 0.15) is 70.6 Å². The zero-order valence-corrected chi connectivity index (χ0v) is 13.6. The minimum Gasteiger partial charge on any atom is -0.372 e. The van der Waals surface area contributed by atoms with E-state index in [2.05, 4.69) is 15.9 Å². The Labute approximate surface area is 126 Å². The molecule has 0 radical (unpaired) electrons. The molecule has 1 aliphatic heterocycles. The van der Waals surface area contributed by atoms with E-state index in [0.717, 1.165) is 11.8 Å². The molecule has 0 N–H and O–H groups in total. The number of fused-ring (bicyclic) bond motifs is 1. The third-order valence-electron chi connectivity index (χ3n) is 6.51. The van der Waals surface area contributed by atoms with Crippen molar-refractivity contribution in [2.24, 2.45) is 17.3 Å². The molecule has 0 amide bonds. The Morgan fingerprint density at radius 3 is 2.42 bits per heavy atom. The van der Waals surface area contributed by atoms with Crippen molar-refractivity contribution < 1.29 is 4.74 Å². The Morgan fingerprint density at radius 2 is 1.74 bits per heavy atom. The van der Waals surface area contributed by atoms with Crippen LogP contribution in [0.4, 0.5) is 0 Å². The smallest absolute Gasteiger partial charge is 0.0687 e. The molecule has 1 saturated heterocycles. The molecule has 4 aliphatic rings. The number of halogens is 1. The molecule has 0 aromatic rings. The maximum absolute atomic E-state index is 6.61. The van der Waals surface area contributed by atoms with Crippen molar-refractivity contribution in [3.8, 4) is 0 Å². The standard InChI is InChI=1S/C17H27BrO/c18-12-16(9-13-8-14(13)10-16)11-15-4-7-17(19-15)5-2-1-3-6-17/h13-15H,1-12H2. The molecule has 3 aliphatic carbocycles. The van der Waals surface area contributed by atoms with Crippen LogP contribution in [0, 0.1) is 17.3 Å². The summed E-state index contributed by atoms with van der Waals surface area (Å²) < 4.78 is 6.61. The number of hydrogen-bond acceptors (Lipinski definition) is 1. The molecule has 0 aromatic carbocycles. The second-order valence-corrected chi connectivity index (χ2v) is 8.58. The highest BCUT2D eigenvalue weighted by atomic mass is 79.9. The molecular weight excluding hydrogens is 300 g/mol. The topological polar surface area (TPSA) is 9.23 Å². The Kier molecular flexibility index (Phi) is 3.27. The lowest BCUT2D eigenvalue weighted by Crippen LogP contribution is -2.33. The van der Waals surface area contributed by atoms with E-state index in [0.29, 0.717) is 17.1 Å². The number of alkyl halides is 1. The van der Waals surface area contributed by atoms with E-state index in [1.165, 1.54) is 76.0 Å². The number of ether oxygens (including phenoxy) is 1. The minimum absolute atomic E-state index is 0.317. The zero-order chi connectivity index (χ0) is 12.9. The van der Waals surface area contributed by atoms with Gasteiger partial charge in [-0.25, -0.2) is 0 Å². The first-order valence-electron chi connectivity index (χ1n) is 8.46. The van der Waals surface area contributed by atoms with Crippen molar-refractivity contribution in [1.82, 2.24) is 0 Å². The van der Waals surface area contributed by atoms with Gasteiger partial charge in [0.2, 0.25) is 0 Å². The molecule has 0 aromatic heterocycles. The highest BCUT2D eigenvalue weighted by molar-refractivity contribution is 9.09. The summed E-state index contributed by atoms with van der Waals surface area (Å²) in [5.74, 6) is 2.17. The Hall–Kier alpha value is 0.440. The largest absolute Gasteiger partial charge is 0.372 e. The van der Waals surface area contributed by atoms with Crippen LogP contribution in [0.25, 0.3) is 0 Å². The fourth-order valence-corrected chi connectivity index (χ4v) is 6.11. The third-order valence-corrected chi connectivity index (χ3v) is 7.70. The zero-order valence-electron chi connectivity index (χ0n) is 12.0. The average molecular weight is 327 g/mol. The molecule has 108 valence electrons. The van der Waals surface area contributed by atoms with Crippen molar-refractivity contribution in [3.05, 3.63) is 0 Å². The summed E-state index contributed by atoms with van der Waals surface area (Å²) in [6.45, 7) is 0. The maximum atomic E-state index is 6.61. The molecule has 1 nitrogen and oxygen atoms in total. The van der Waals surface area contributed by atoms with Gasteiger partial charge in [0.25, 0.3) is 0 Å². The predicted molar refractivity (Wildman–Crippen MR) is 81.6 cm³/mol. The van der Waals surface area contributed by atoms with E-state index in [-0.39, 0.29) is 0 Å². The van der Waals surface area contributed by atoms with Crippen LogP contribution in [0.3, 0.4) is 0 Å². The van der Waals surface area contributed by atoms with Crippen molar-refractivity contribution in [3.63, 3.8) is 0 Å². The van der Waals surface area contributed by atoms with Gasteiger partial charge in [0.05, 0.1) is 11.7 Å². The first-order chi connectivity index (χ1) is 9.23. The fourth-order valence-electron chi connectivity index (χ4n) is 5.42. The minimum atomic E-state index is 0.317. The molecule has 3 atom stereocenters. The fraction of sp³-hybridized carbons (Fsp3) is 1.00. The summed E-state index contributed by atoms with van der Waals surface area (Å²) in [6, 6.07) is 0. The molecular formula is C17H27BrO. The molecule has 19 heavy (non-hydrogen) atoms. The third kappa shape index (κ3) is 2.41. The normalized spacial score (nSPS) is 47.5. The van der Waals surface area contributed by atoms with Crippen LogP contribution in [-0.2, 0) is 4.74 Å². The molecule has 4 fully saturated rings. The Balaban J connectivity index is 1.38. The van der Waals surface area contributed by atoms with Gasteiger partial charge in [-0.15, -0.1) is 0 Å². The van der Waals surface area contributed by atoms with Gasteiger partial charge in [-0.05, 0) is 68.6 Å². The summed E-state index contributed by atoms with van der Waals surface area (Å²) in [4.78, 5) is 0. The van der Waals surface area contributed by atoms with Crippen molar-refractivity contribution in [2.75, 3.05) is 5.33 Å². The van der Waals surface area contributed by atoms with Crippen LogP contribution in [0.2, 0.25) is 0 Å². The highest BCUT2D eigenvalue weighted by Crippen LogP contribution is 2.62. The number of hydrogen-bond donors (Lipinski definition) is 0. The maximum Gasteiger partial charge on any atom is 0.0687 e. The van der Waals surface area contributed by atoms with Crippen LogP contribution < -0.4 is 0 Å². The first-order valence-corrected chi connectivity index (χ1v) is 9.59. The van der Waals surface area contributed by atoms with Crippen LogP contribution >= 0.6 is 15.9 Å². The average Bonchev–Trinajstić information content (AvgIpc) is 2.88. The van der Waals surface area contributed by atoms with E-state index in [9.17, 15) is 0 Å². The van der Waals surface area contributed by atoms with Crippen LogP contribution in [-0.4, -0.2) is 17.0 Å². The highest BCUT2D eigenvalue weighted by Gasteiger charge is 2.54. The van der Waals surface area contributed by atoms with E-state index < -0.39 is 0 Å². The van der Waals surface area contributed by atoms with Gasteiger partial charge >= 0.3 is 0 Å². The Morgan fingerprint density at radius 1 is 1.00 bits per heavy atom.